The van der Waals surface area contributed by atoms with Crippen LogP contribution in [-0.2, 0) is 11.3 Å². The summed E-state index contributed by atoms with van der Waals surface area (Å²) in [6.45, 7) is 0.871. The molecule has 0 spiro atoms. The Labute approximate surface area is 143 Å². The maximum absolute atomic E-state index is 12.8. The van der Waals surface area contributed by atoms with Crippen LogP contribution >= 0.6 is 12.4 Å². The Balaban J connectivity index is 0.00000192. The number of rotatable bonds is 5. The molecule has 2 N–H and O–H groups in total. The van der Waals surface area contributed by atoms with E-state index in [1.54, 1.807) is 12.1 Å². The monoisotopic (exact) mass is 341 g/mol. The standard InChI is InChI=1S/C17H24FN3O.ClH/c1-21(16-8-14-6-7-15(9-16)20-14)11-17(22)19-10-12-2-4-13(18)5-3-12;/h2-5,14-16,20H,6-11H2,1H3,(H,19,22);1H. The molecule has 23 heavy (non-hydrogen) atoms. The Kier molecular flexibility index (Phi) is 6.39. The van der Waals surface area contributed by atoms with Crippen molar-refractivity contribution in [2.45, 2.75) is 50.4 Å². The first kappa shape index (κ1) is 18.2. The van der Waals surface area contributed by atoms with Crippen LogP contribution in [0.25, 0.3) is 0 Å². The van der Waals surface area contributed by atoms with E-state index in [1.807, 2.05) is 7.05 Å². The number of fused-ring (bicyclic) bond motifs is 2. The zero-order chi connectivity index (χ0) is 15.5. The highest BCUT2D eigenvalue weighted by molar-refractivity contribution is 5.85. The van der Waals surface area contributed by atoms with Crippen LogP contribution in [0, 0.1) is 5.82 Å². The van der Waals surface area contributed by atoms with Gasteiger partial charge in [0.2, 0.25) is 5.91 Å². The van der Waals surface area contributed by atoms with Gasteiger partial charge in [-0.15, -0.1) is 12.4 Å². The van der Waals surface area contributed by atoms with Gasteiger partial charge in [0.05, 0.1) is 6.54 Å². The van der Waals surface area contributed by atoms with Crippen LogP contribution in [0.4, 0.5) is 4.39 Å². The second-order valence-electron chi connectivity index (χ2n) is 6.58. The third-order valence-corrected chi connectivity index (χ3v) is 4.87. The van der Waals surface area contributed by atoms with Crippen LogP contribution in [-0.4, -0.2) is 42.5 Å². The molecule has 0 aliphatic carbocycles. The Morgan fingerprint density at radius 2 is 1.87 bits per heavy atom. The topological polar surface area (TPSA) is 44.4 Å². The van der Waals surface area contributed by atoms with Crippen LogP contribution in [0.3, 0.4) is 0 Å². The van der Waals surface area contributed by atoms with Gasteiger partial charge in [-0.05, 0) is 50.4 Å². The molecule has 2 atom stereocenters. The molecular formula is C17H25ClFN3O. The lowest BCUT2D eigenvalue weighted by molar-refractivity contribution is -0.122. The number of carbonyl (C=O) groups excluding carboxylic acids is 1. The van der Waals surface area contributed by atoms with Crippen LogP contribution in [0.2, 0.25) is 0 Å². The molecule has 4 nitrogen and oxygen atoms in total. The van der Waals surface area contributed by atoms with Gasteiger partial charge in [-0.3, -0.25) is 9.69 Å². The van der Waals surface area contributed by atoms with Crippen molar-refractivity contribution in [3.05, 3.63) is 35.6 Å². The minimum atomic E-state index is -0.254. The number of likely N-dealkylation sites (N-methyl/N-ethyl adjacent to an activating group) is 1. The molecule has 2 fully saturated rings. The van der Waals surface area contributed by atoms with Crippen LogP contribution in [0.1, 0.15) is 31.2 Å². The fourth-order valence-corrected chi connectivity index (χ4v) is 3.60. The van der Waals surface area contributed by atoms with Gasteiger partial charge in [-0.2, -0.15) is 0 Å². The molecule has 2 aliphatic rings. The Morgan fingerprint density at radius 1 is 1.26 bits per heavy atom. The molecule has 0 aromatic heterocycles. The molecule has 2 aliphatic heterocycles. The van der Waals surface area contributed by atoms with Crippen molar-refractivity contribution in [3.63, 3.8) is 0 Å². The molecule has 3 rings (SSSR count). The summed E-state index contributed by atoms with van der Waals surface area (Å²) < 4.78 is 12.8. The van der Waals surface area contributed by atoms with Gasteiger partial charge in [0.15, 0.2) is 0 Å². The average Bonchev–Trinajstić information content (AvgIpc) is 2.85. The largest absolute Gasteiger partial charge is 0.351 e. The molecule has 1 aromatic carbocycles. The maximum Gasteiger partial charge on any atom is 0.234 e. The number of halogens is 2. The van der Waals surface area contributed by atoms with E-state index in [0.29, 0.717) is 31.2 Å². The van der Waals surface area contributed by atoms with Crippen molar-refractivity contribution in [1.29, 1.82) is 0 Å². The summed E-state index contributed by atoms with van der Waals surface area (Å²) in [4.78, 5) is 14.2. The summed E-state index contributed by atoms with van der Waals surface area (Å²) in [6, 6.07) is 7.99. The normalized spacial score (nSPS) is 26.0. The van der Waals surface area contributed by atoms with Gasteiger partial charge < -0.3 is 10.6 Å². The molecule has 2 heterocycles. The van der Waals surface area contributed by atoms with Crippen molar-refractivity contribution in [2.24, 2.45) is 0 Å². The number of carbonyl (C=O) groups is 1. The van der Waals surface area contributed by atoms with E-state index in [9.17, 15) is 9.18 Å². The Hall–Kier alpha value is -1.17. The van der Waals surface area contributed by atoms with E-state index in [2.05, 4.69) is 15.5 Å². The predicted octanol–water partition coefficient (Wildman–Crippen LogP) is 2.08. The van der Waals surface area contributed by atoms with Gasteiger partial charge in [-0.25, -0.2) is 4.39 Å². The molecule has 1 amide bonds. The predicted molar refractivity (Wildman–Crippen MR) is 91.1 cm³/mol. The van der Waals surface area contributed by atoms with Crippen molar-refractivity contribution in [3.8, 4) is 0 Å². The first-order chi connectivity index (χ1) is 10.6. The van der Waals surface area contributed by atoms with Crippen LogP contribution in [0.15, 0.2) is 24.3 Å². The van der Waals surface area contributed by atoms with Gasteiger partial charge >= 0.3 is 0 Å². The second-order valence-corrected chi connectivity index (χ2v) is 6.58. The average molecular weight is 342 g/mol. The van der Waals surface area contributed by atoms with Crippen LogP contribution in [0.5, 0.6) is 0 Å². The highest BCUT2D eigenvalue weighted by Gasteiger charge is 2.35. The first-order valence-corrected chi connectivity index (χ1v) is 8.07. The van der Waals surface area contributed by atoms with Crippen LogP contribution < -0.4 is 10.6 Å². The lowest BCUT2D eigenvalue weighted by Gasteiger charge is -2.35. The fraction of sp³-hybridized carbons (Fsp3) is 0.588. The molecule has 1 aromatic rings. The highest BCUT2D eigenvalue weighted by atomic mass is 35.5. The Morgan fingerprint density at radius 3 is 2.48 bits per heavy atom. The van der Waals surface area contributed by atoms with Crippen molar-refractivity contribution in [1.82, 2.24) is 15.5 Å². The lowest BCUT2D eigenvalue weighted by Crippen LogP contribution is -2.49. The number of amides is 1. The van der Waals surface area contributed by atoms with Gasteiger partial charge in [0.25, 0.3) is 0 Å². The molecule has 6 heteroatoms. The summed E-state index contributed by atoms with van der Waals surface area (Å²) in [5, 5.41) is 6.53. The summed E-state index contributed by atoms with van der Waals surface area (Å²) in [5.41, 5.74) is 0.914. The second kappa shape index (κ2) is 8.08. The summed E-state index contributed by atoms with van der Waals surface area (Å²) in [6.07, 6.45) is 4.81. The first-order valence-electron chi connectivity index (χ1n) is 8.07. The zero-order valence-electron chi connectivity index (χ0n) is 13.4. The summed E-state index contributed by atoms with van der Waals surface area (Å²) in [5.74, 6) is -0.229. The quantitative estimate of drug-likeness (QED) is 0.862. The zero-order valence-corrected chi connectivity index (χ0v) is 14.2. The molecule has 2 bridgehead atoms. The lowest BCUT2D eigenvalue weighted by atomic mass is 9.98. The van der Waals surface area contributed by atoms with Gasteiger partial charge in [0.1, 0.15) is 5.82 Å². The highest BCUT2D eigenvalue weighted by Crippen LogP contribution is 2.29. The minimum Gasteiger partial charge on any atom is -0.351 e. The van der Waals surface area contributed by atoms with Crippen molar-refractivity contribution < 1.29 is 9.18 Å². The van der Waals surface area contributed by atoms with E-state index in [-0.39, 0.29) is 24.1 Å². The third kappa shape index (κ3) is 4.90. The van der Waals surface area contributed by atoms with E-state index >= 15 is 0 Å². The number of hydrogen-bond acceptors (Lipinski definition) is 3. The minimum absolute atomic E-state index is 0. The van der Waals surface area contributed by atoms with E-state index in [4.69, 9.17) is 0 Å². The molecule has 0 saturated carbocycles. The van der Waals surface area contributed by atoms with Gasteiger partial charge in [-0.1, -0.05) is 12.1 Å². The summed E-state index contributed by atoms with van der Waals surface area (Å²) in [7, 11) is 2.03. The van der Waals surface area contributed by atoms with Gasteiger partial charge in [0, 0.05) is 24.7 Å². The smallest absolute Gasteiger partial charge is 0.234 e. The maximum atomic E-state index is 12.8. The van der Waals surface area contributed by atoms with E-state index in [1.165, 1.54) is 25.0 Å². The molecule has 128 valence electrons. The summed E-state index contributed by atoms with van der Waals surface area (Å²) >= 11 is 0. The number of nitrogens with zero attached hydrogens (tertiary/aromatic N) is 1. The molecule has 0 radical (unpaired) electrons. The number of benzene rings is 1. The number of piperidine rings is 1. The van der Waals surface area contributed by atoms with Crippen molar-refractivity contribution >= 4 is 18.3 Å². The molecular weight excluding hydrogens is 317 g/mol. The Bertz CT molecular complexity index is 513. The molecule has 2 unspecified atom stereocenters. The number of nitrogens with one attached hydrogen (secondary N) is 2. The van der Waals surface area contributed by atoms with E-state index < -0.39 is 0 Å². The molecule has 2 saturated heterocycles. The van der Waals surface area contributed by atoms with E-state index in [0.717, 1.165) is 18.4 Å². The number of hydrogen-bond donors (Lipinski definition) is 2. The SMILES string of the molecule is CN(CC(=O)NCc1ccc(F)cc1)C1CC2CCC(C1)N2.Cl. The third-order valence-electron chi connectivity index (χ3n) is 4.87. The van der Waals surface area contributed by atoms with Crippen molar-refractivity contribution in [2.75, 3.05) is 13.6 Å². The fourth-order valence-electron chi connectivity index (χ4n) is 3.60.